The maximum atomic E-state index is 12.0. The lowest BCUT2D eigenvalue weighted by Crippen LogP contribution is -2.50. The van der Waals surface area contributed by atoms with Gasteiger partial charge in [-0.2, -0.15) is 0 Å². The summed E-state index contributed by atoms with van der Waals surface area (Å²) >= 11 is 0.671. The summed E-state index contributed by atoms with van der Waals surface area (Å²) in [5.41, 5.74) is 0.250. The number of thiophene rings is 1. The minimum absolute atomic E-state index is 0.0401. The van der Waals surface area contributed by atoms with E-state index in [4.69, 9.17) is 9.47 Å². The van der Waals surface area contributed by atoms with Gasteiger partial charge in [0.2, 0.25) is 0 Å². The number of esters is 2. The third kappa shape index (κ3) is 4.32. The first-order chi connectivity index (χ1) is 11.8. The Hall–Kier alpha value is -2.95. The van der Waals surface area contributed by atoms with Crippen LogP contribution in [0.4, 0.5) is 9.80 Å². The molecule has 10 nitrogen and oxygen atoms in total. The Morgan fingerprint density at radius 2 is 2.04 bits per heavy atom. The molecule has 0 saturated heterocycles. The smallest absolute Gasteiger partial charge is 0.348 e. The van der Waals surface area contributed by atoms with Gasteiger partial charge in [0.15, 0.2) is 0 Å². The number of rotatable bonds is 6. The van der Waals surface area contributed by atoms with Gasteiger partial charge in [-0.05, 0) is 19.9 Å². The van der Waals surface area contributed by atoms with Crippen LogP contribution in [0.1, 0.15) is 23.5 Å². The normalized spacial score (nSPS) is 16.7. The van der Waals surface area contributed by atoms with E-state index in [-0.39, 0.29) is 34.4 Å². The highest BCUT2D eigenvalue weighted by Gasteiger charge is 2.30. The summed E-state index contributed by atoms with van der Waals surface area (Å²) in [4.78, 5) is 45.7. The molecule has 0 saturated carbocycles. The van der Waals surface area contributed by atoms with Gasteiger partial charge in [-0.25, -0.2) is 14.4 Å². The molecule has 1 aliphatic heterocycles. The second-order valence-electron chi connectivity index (χ2n) is 4.90. The van der Waals surface area contributed by atoms with Gasteiger partial charge >= 0.3 is 23.0 Å². The van der Waals surface area contributed by atoms with Crippen molar-refractivity contribution in [3.05, 3.63) is 38.4 Å². The van der Waals surface area contributed by atoms with Crippen LogP contribution in [0.5, 0.6) is 0 Å². The summed E-state index contributed by atoms with van der Waals surface area (Å²) < 4.78 is 9.99. The number of ether oxygens (including phenoxy) is 2. The molecule has 11 heteroatoms. The van der Waals surface area contributed by atoms with E-state index in [1.807, 2.05) is 0 Å². The lowest BCUT2D eigenvalue weighted by molar-refractivity contribution is -0.380. The summed E-state index contributed by atoms with van der Waals surface area (Å²) in [6.07, 6.45) is 0. The van der Waals surface area contributed by atoms with Crippen LogP contribution in [0.15, 0.2) is 23.4 Å². The predicted octanol–water partition coefficient (Wildman–Crippen LogP) is 1.33. The molecule has 1 aliphatic rings. The molecule has 0 spiro atoms. The quantitative estimate of drug-likeness (QED) is 0.438. The van der Waals surface area contributed by atoms with Crippen molar-refractivity contribution >= 4 is 34.3 Å². The first-order valence-electron chi connectivity index (χ1n) is 7.22. The van der Waals surface area contributed by atoms with Crippen molar-refractivity contribution in [3.63, 3.8) is 0 Å². The molecular formula is C14H15N3O7S. The maximum Gasteiger partial charge on any atom is 0.348 e. The van der Waals surface area contributed by atoms with Gasteiger partial charge in [-0.1, -0.05) is 11.3 Å². The van der Waals surface area contributed by atoms with Crippen molar-refractivity contribution in [2.75, 3.05) is 13.2 Å². The van der Waals surface area contributed by atoms with E-state index < -0.39 is 28.9 Å². The summed E-state index contributed by atoms with van der Waals surface area (Å²) in [6, 6.07) is 1.30. The second-order valence-corrected chi connectivity index (χ2v) is 5.97. The van der Waals surface area contributed by atoms with Crippen molar-refractivity contribution in [3.8, 4) is 0 Å². The zero-order chi connectivity index (χ0) is 18.6. The monoisotopic (exact) mass is 369 g/mol. The van der Waals surface area contributed by atoms with E-state index >= 15 is 0 Å². The van der Waals surface area contributed by atoms with E-state index in [1.165, 1.54) is 12.1 Å². The highest BCUT2D eigenvalue weighted by Crippen LogP contribution is 2.24. The summed E-state index contributed by atoms with van der Waals surface area (Å²) in [7, 11) is 0. The molecule has 0 fully saturated rings. The van der Waals surface area contributed by atoms with Gasteiger partial charge in [-0.15, -0.1) is 0 Å². The SMILES string of the molecule is CCOC(=O)C1=C(COC(=O)c2ccc([N+](=O)[O-])s2)NC(=O)NC1C. The van der Waals surface area contributed by atoms with Gasteiger partial charge in [-0.3, -0.25) is 10.1 Å². The van der Waals surface area contributed by atoms with Crippen LogP contribution in [-0.2, 0) is 14.3 Å². The Labute approximate surface area is 145 Å². The average molecular weight is 369 g/mol. The van der Waals surface area contributed by atoms with Gasteiger partial charge < -0.3 is 20.1 Å². The number of nitro groups is 1. The topological polar surface area (TPSA) is 137 Å². The maximum absolute atomic E-state index is 12.0. The highest BCUT2D eigenvalue weighted by molar-refractivity contribution is 7.17. The first-order valence-corrected chi connectivity index (χ1v) is 8.04. The molecule has 0 radical (unpaired) electrons. The molecule has 1 aromatic heterocycles. The zero-order valence-electron chi connectivity index (χ0n) is 13.4. The molecule has 1 unspecified atom stereocenters. The molecule has 0 aromatic carbocycles. The third-order valence-electron chi connectivity index (χ3n) is 3.19. The van der Waals surface area contributed by atoms with E-state index in [9.17, 15) is 24.5 Å². The van der Waals surface area contributed by atoms with Gasteiger partial charge in [0.1, 0.15) is 11.5 Å². The number of hydrogen-bond acceptors (Lipinski definition) is 8. The lowest BCUT2D eigenvalue weighted by Gasteiger charge is -2.26. The van der Waals surface area contributed by atoms with Crippen LogP contribution in [0.2, 0.25) is 0 Å². The minimum Gasteiger partial charge on any atom is -0.463 e. The fourth-order valence-corrected chi connectivity index (χ4v) is 2.85. The molecule has 2 heterocycles. The van der Waals surface area contributed by atoms with Gasteiger partial charge in [0.05, 0.1) is 28.8 Å². The number of amides is 2. The van der Waals surface area contributed by atoms with E-state index in [1.54, 1.807) is 13.8 Å². The van der Waals surface area contributed by atoms with Crippen LogP contribution >= 0.6 is 11.3 Å². The van der Waals surface area contributed by atoms with E-state index in [2.05, 4.69) is 10.6 Å². The lowest BCUT2D eigenvalue weighted by atomic mass is 10.0. The van der Waals surface area contributed by atoms with Crippen LogP contribution in [0.3, 0.4) is 0 Å². The van der Waals surface area contributed by atoms with Crippen molar-refractivity contribution in [1.82, 2.24) is 10.6 Å². The molecular weight excluding hydrogens is 354 g/mol. The fourth-order valence-electron chi connectivity index (χ4n) is 2.14. The molecule has 2 rings (SSSR count). The summed E-state index contributed by atoms with van der Waals surface area (Å²) in [6.45, 7) is 3.00. The van der Waals surface area contributed by atoms with Crippen LogP contribution in [0, 0.1) is 10.1 Å². The molecule has 134 valence electrons. The number of urea groups is 1. The average Bonchev–Trinajstić information content (AvgIpc) is 3.02. The molecule has 1 atom stereocenters. The highest BCUT2D eigenvalue weighted by atomic mass is 32.1. The fraction of sp³-hybridized carbons (Fsp3) is 0.357. The molecule has 0 bridgehead atoms. The zero-order valence-corrected chi connectivity index (χ0v) is 14.2. The number of carbonyl (C=O) groups is 3. The largest absolute Gasteiger partial charge is 0.463 e. The molecule has 2 N–H and O–H groups in total. The van der Waals surface area contributed by atoms with E-state index in [0.29, 0.717) is 11.3 Å². The Morgan fingerprint density at radius 1 is 1.32 bits per heavy atom. The van der Waals surface area contributed by atoms with E-state index in [0.717, 1.165) is 0 Å². The molecule has 0 aliphatic carbocycles. The Kier molecular flexibility index (Phi) is 5.70. The second kappa shape index (κ2) is 7.75. The summed E-state index contributed by atoms with van der Waals surface area (Å²) in [5.74, 6) is -1.44. The number of carbonyl (C=O) groups excluding carboxylic acids is 3. The van der Waals surface area contributed by atoms with Crippen molar-refractivity contribution in [2.24, 2.45) is 0 Å². The Bertz CT molecular complexity index is 755. The van der Waals surface area contributed by atoms with Crippen LogP contribution in [-0.4, -0.2) is 42.1 Å². The number of nitrogens with one attached hydrogen (secondary N) is 2. The van der Waals surface area contributed by atoms with Crippen molar-refractivity contribution in [2.45, 2.75) is 19.9 Å². The molecule has 1 aromatic rings. The third-order valence-corrected chi connectivity index (χ3v) is 4.20. The Morgan fingerprint density at radius 3 is 2.64 bits per heavy atom. The number of hydrogen-bond donors (Lipinski definition) is 2. The molecule has 25 heavy (non-hydrogen) atoms. The summed E-state index contributed by atoms with van der Waals surface area (Å²) in [5, 5.41) is 15.4. The van der Waals surface area contributed by atoms with Crippen LogP contribution < -0.4 is 10.6 Å². The van der Waals surface area contributed by atoms with Crippen molar-refractivity contribution < 1.29 is 28.8 Å². The van der Waals surface area contributed by atoms with Gasteiger partial charge in [0, 0.05) is 6.07 Å². The van der Waals surface area contributed by atoms with Gasteiger partial charge in [0.25, 0.3) is 0 Å². The predicted molar refractivity (Wildman–Crippen MR) is 86.0 cm³/mol. The number of nitrogens with zero attached hydrogens (tertiary/aromatic N) is 1. The van der Waals surface area contributed by atoms with Crippen LogP contribution in [0.25, 0.3) is 0 Å². The standard InChI is InChI=1S/C14H15N3O7S/c1-3-23-13(19)11-7(2)15-14(20)16-8(11)6-24-12(18)9-4-5-10(25-9)17(21)22/h4-5,7H,3,6H2,1-2H3,(H2,15,16,20). The Balaban J connectivity index is 2.15. The molecule has 2 amide bonds. The van der Waals surface area contributed by atoms with Crippen molar-refractivity contribution in [1.29, 1.82) is 0 Å². The first kappa shape index (κ1) is 18.4. The minimum atomic E-state index is -0.797.